The number of carbonyl (C=O) groups excluding carboxylic acids is 2. The van der Waals surface area contributed by atoms with Gasteiger partial charge in [-0.25, -0.2) is 0 Å². The van der Waals surface area contributed by atoms with Crippen LogP contribution in [0.25, 0.3) is 0 Å². The smallest absolute Gasteiger partial charge is 0.225 e. The van der Waals surface area contributed by atoms with Crippen molar-refractivity contribution in [1.82, 2.24) is 15.6 Å². The van der Waals surface area contributed by atoms with Crippen molar-refractivity contribution in [3.8, 4) is 0 Å². The van der Waals surface area contributed by atoms with E-state index in [0.29, 0.717) is 24.7 Å². The molecule has 0 aliphatic heterocycles. The Kier molecular flexibility index (Phi) is 11.7. The van der Waals surface area contributed by atoms with Crippen LogP contribution >= 0.6 is 0 Å². The van der Waals surface area contributed by atoms with Gasteiger partial charge in [0.25, 0.3) is 0 Å². The third-order valence-electron chi connectivity index (χ3n) is 5.65. The molecular formula is C24H48N4O2. The molecule has 2 amide bonds. The van der Waals surface area contributed by atoms with Gasteiger partial charge in [0.15, 0.2) is 0 Å². The van der Waals surface area contributed by atoms with Crippen LogP contribution in [-0.4, -0.2) is 47.7 Å². The van der Waals surface area contributed by atoms with Crippen molar-refractivity contribution in [3.05, 3.63) is 0 Å². The second kappa shape index (κ2) is 12.3. The molecule has 0 fully saturated rings. The largest absolute Gasteiger partial charge is 0.353 e. The lowest BCUT2D eigenvalue weighted by molar-refractivity contribution is -0.132. The molecule has 0 aliphatic carbocycles. The van der Waals surface area contributed by atoms with E-state index in [2.05, 4.69) is 64.2 Å². The second-order valence-corrected chi connectivity index (χ2v) is 10.7. The summed E-state index contributed by atoms with van der Waals surface area (Å²) in [5.41, 5.74) is -0.840. The average molecular weight is 425 g/mol. The summed E-state index contributed by atoms with van der Waals surface area (Å²) < 4.78 is 0. The second-order valence-electron chi connectivity index (χ2n) is 10.7. The fourth-order valence-electron chi connectivity index (χ4n) is 3.63. The highest BCUT2D eigenvalue weighted by molar-refractivity contribution is 5.82. The Morgan fingerprint density at radius 3 is 2.10 bits per heavy atom. The van der Waals surface area contributed by atoms with Gasteiger partial charge < -0.3 is 10.6 Å². The van der Waals surface area contributed by atoms with Crippen molar-refractivity contribution in [2.45, 2.75) is 113 Å². The summed E-state index contributed by atoms with van der Waals surface area (Å²) in [6.45, 7) is 20.6. The standard InChI is InChI=1S/C24H48N4O2/c1-12-18(4)14-21(29)26-20(6)15-25-28(11)24(9,10)16-23(7,8)22(30)27-19(5)13-17(2)3/h15,17-20H,12-14,16H2,1-11H3,(H,26,29)(H,27,30)/b25-15+/t18-,19?,20+/m1/s1. The summed E-state index contributed by atoms with van der Waals surface area (Å²) in [6.07, 6.45) is 4.91. The Hall–Kier alpha value is -1.59. The van der Waals surface area contributed by atoms with Gasteiger partial charge in [0.1, 0.15) is 0 Å². The van der Waals surface area contributed by atoms with Crippen LogP contribution in [0, 0.1) is 17.3 Å². The van der Waals surface area contributed by atoms with Crippen molar-refractivity contribution in [1.29, 1.82) is 0 Å². The number of hydrogen-bond acceptors (Lipinski definition) is 4. The zero-order chi connectivity index (χ0) is 23.7. The summed E-state index contributed by atoms with van der Waals surface area (Å²) in [5, 5.41) is 12.6. The van der Waals surface area contributed by atoms with Gasteiger partial charge in [-0.2, -0.15) is 5.10 Å². The highest BCUT2D eigenvalue weighted by Crippen LogP contribution is 2.32. The minimum atomic E-state index is -0.519. The third-order valence-corrected chi connectivity index (χ3v) is 5.65. The van der Waals surface area contributed by atoms with Crippen LogP contribution in [0.5, 0.6) is 0 Å². The minimum absolute atomic E-state index is 0.0542. The monoisotopic (exact) mass is 424 g/mol. The predicted octanol–water partition coefficient (Wildman–Crippen LogP) is 4.59. The fraction of sp³-hybridized carbons (Fsp3) is 0.875. The Bertz CT molecular complexity index is 570. The van der Waals surface area contributed by atoms with E-state index in [1.807, 2.05) is 32.8 Å². The van der Waals surface area contributed by atoms with Crippen LogP contribution in [0.1, 0.15) is 94.9 Å². The molecule has 176 valence electrons. The zero-order valence-electron chi connectivity index (χ0n) is 21.4. The van der Waals surface area contributed by atoms with Crippen LogP contribution < -0.4 is 10.6 Å². The SMILES string of the molecule is CC[C@@H](C)CC(=O)N[C@@H](C)/C=N/N(C)C(C)(C)CC(C)(C)C(=O)NC(C)CC(C)C. The topological polar surface area (TPSA) is 73.8 Å². The van der Waals surface area contributed by atoms with E-state index in [-0.39, 0.29) is 29.4 Å². The molecule has 30 heavy (non-hydrogen) atoms. The Morgan fingerprint density at radius 1 is 1.03 bits per heavy atom. The van der Waals surface area contributed by atoms with Crippen molar-refractivity contribution < 1.29 is 9.59 Å². The van der Waals surface area contributed by atoms with Gasteiger partial charge in [0.2, 0.25) is 11.8 Å². The molecule has 0 saturated heterocycles. The molecule has 3 atom stereocenters. The first-order valence-corrected chi connectivity index (χ1v) is 11.5. The number of nitrogens with one attached hydrogen (secondary N) is 2. The van der Waals surface area contributed by atoms with E-state index in [4.69, 9.17) is 0 Å². The summed E-state index contributed by atoms with van der Waals surface area (Å²) in [6, 6.07) is 0.0172. The Labute approximate surface area is 185 Å². The van der Waals surface area contributed by atoms with E-state index in [1.54, 1.807) is 6.21 Å². The highest BCUT2D eigenvalue weighted by atomic mass is 16.2. The fourth-order valence-corrected chi connectivity index (χ4v) is 3.63. The Balaban J connectivity index is 4.86. The normalized spacial score (nSPS) is 15.7. The molecule has 0 aromatic carbocycles. The van der Waals surface area contributed by atoms with E-state index in [1.165, 1.54) is 0 Å². The first-order valence-electron chi connectivity index (χ1n) is 11.5. The summed E-state index contributed by atoms with van der Waals surface area (Å²) in [5.74, 6) is 1.06. The minimum Gasteiger partial charge on any atom is -0.353 e. The number of rotatable bonds is 13. The molecule has 6 nitrogen and oxygen atoms in total. The van der Waals surface area contributed by atoms with E-state index in [9.17, 15) is 9.59 Å². The number of carbonyl (C=O) groups is 2. The van der Waals surface area contributed by atoms with Crippen LogP contribution in [0.15, 0.2) is 5.10 Å². The van der Waals surface area contributed by atoms with Crippen LogP contribution in [0.4, 0.5) is 0 Å². The average Bonchev–Trinajstić information content (AvgIpc) is 2.57. The van der Waals surface area contributed by atoms with E-state index >= 15 is 0 Å². The first-order chi connectivity index (χ1) is 13.6. The maximum absolute atomic E-state index is 12.8. The van der Waals surface area contributed by atoms with Gasteiger partial charge in [-0.15, -0.1) is 0 Å². The zero-order valence-corrected chi connectivity index (χ0v) is 21.4. The van der Waals surface area contributed by atoms with Gasteiger partial charge in [0, 0.05) is 31.1 Å². The number of hydrazone groups is 1. The van der Waals surface area contributed by atoms with Crippen molar-refractivity contribution >= 4 is 18.0 Å². The Morgan fingerprint density at radius 2 is 1.60 bits per heavy atom. The number of hydrogen-bond donors (Lipinski definition) is 2. The third kappa shape index (κ3) is 11.0. The lowest BCUT2D eigenvalue weighted by Gasteiger charge is -2.39. The lowest BCUT2D eigenvalue weighted by Crippen LogP contribution is -2.48. The molecule has 0 heterocycles. The lowest BCUT2D eigenvalue weighted by atomic mass is 9.79. The highest BCUT2D eigenvalue weighted by Gasteiger charge is 2.37. The summed E-state index contributed by atoms with van der Waals surface area (Å²) >= 11 is 0. The van der Waals surface area contributed by atoms with Crippen molar-refractivity contribution in [2.24, 2.45) is 22.4 Å². The molecule has 0 spiro atoms. The van der Waals surface area contributed by atoms with Crippen LogP contribution in [0.3, 0.4) is 0 Å². The molecule has 2 N–H and O–H groups in total. The van der Waals surface area contributed by atoms with Crippen molar-refractivity contribution in [3.63, 3.8) is 0 Å². The van der Waals surface area contributed by atoms with Gasteiger partial charge >= 0.3 is 0 Å². The van der Waals surface area contributed by atoms with Gasteiger partial charge in [0.05, 0.1) is 11.6 Å². The van der Waals surface area contributed by atoms with Crippen LogP contribution in [0.2, 0.25) is 0 Å². The molecule has 0 radical (unpaired) electrons. The van der Waals surface area contributed by atoms with Gasteiger partial charge in [-0.05, 0) is 52.4 Å². The van der Waals surface area contributed by atoms with E-state index in [0.717, 1.165) is 12.8 Å². The molecule has 0 aliphatic rings. The molecule has 0 aromatic heterocycles. The number of nitrogens with zero attached hydrogens (tertiary/aromatic N) is 2. The molecule has 0 rings (SSSR count). The van der Waals surface area contributed by atoms with Crippen LogP contribution in [-0.2, 0) is 9.59 Å². The van der Waals surface area contributed by atoms with Gasteiger partial charge in [-0.1, -0.05) is 48.0 Å². The first kappa shape index (κ1) is 28.4. The molecule has 0 saturated carbocycles. The molecule has 0 aromatic rings. The van der Waals surface area contributed by atoms with Gasteiger partial charge in [-0.3, -0.25) is 14.6 Å². The molecule has 1 unspecified atom stereocenters. The number of amides is 2. The van der Waals surface area contributed by atoms with E-state index < -0.39 is 5.41 Å². The van der Waals surface area contributed by atoms with Crippen molar-refractivity contribution in [2.75, 3.05) is 7.05 Å². The molecular weight excluding hydrogens is 376 g/mol. The maximum atomic E-state index is 12.8. The maximum Gasteiger partial charge on any atom is 0.225 e. The summed E-state index contributed by atoms with van der Waals surface area (Å²) in [4.78, 5) is 24.9. The summed E-state index contributed by atoms with van der Waals surface area (Å²) in [7, 11) is 1.92. The quantitative estimate of drug-likeness (QED) is 0.335. The predicted molar refractivity (Wildman–Crippen MR) is 127 cm³/mol. The molecule has 0 bridgehead atoms. The molecule has 6 heteroatoms.